The highest BCUT2D eigenvalue weighted by molar-refractivity contribution is 8.15. The molecular formula is C7H3Cl2F3N2OS2. The van der Waals surface area contributed by atoms with Crippen molar-refractivity contribution in [2.75, 3.05) is 5.75 Å². The van der Waals surface area contributed by atoms with Gasteiger partial charge in [0, 0.05) is 0 Å². The summed E-state index contributed by atoms with van der Waals surface area (Å²) in [5.74, 6) is -0.600. The fourth-order valence-electron chi connectivity index (χ4n) is 1.06. The topological polar surface area (TPSA) is 45.5 Å². The maximum absolute atomic E-state index is 12.5. The Morgan fingerprint density at radius 3 is 2.41 bits per heavy atom. The molecule has 1 aliphatic rings. The first-order valence-corrected chi connectivity index (χ1v) is 6.59. The molecule has 1 aromatic rings. The van der Waals surface area contributed by atoms with E-state index in [0.717, 1.165) is 23.3 Å². The molecule has 3 nitrogen and oxygen atoms in total. The van der Waals surface area contributed by atoms with Gasteiger partial charge in [-0.1, -0.05) is 35.0 Å². The molecule has 0 amide bonds. The van der Waals surface area contributed by atoms with Crippen LogP contribution in [0.15, 0.2) is 4.99 Å². The van der Waals surface area contributed by atoms with Gasteiger partial charge in [-0.05, 0) is 11.5 Å². The lowest BCUT2D eigenvalue weighted by molar-refractivity contribution is -0.245. The number of halogens is 5. The second-order valence-electron chi connectivity index (χ2n) is 3.14. The third kappa shape index (κ3) is 2.28. The molecule has 2 heterocycles. The van der Waals surface area contributed by atoms with Crippen LogP contribution < -0.4 is 0 Å². The molecule has 94 valence electrons. The van der Waals surface area contributed by atoms with E-state index in [0.29, 0.717) is 0 Å². The number of thioether (sulfide) groups is 1. The fourth-order valence-corrected chi connectivity index (χ4v) is 3.52. The first-order valence-electron chi connectivity index (χ1n) is 4.07. The summed E-state index contributed by atoms with van der Waals surface area (Å²) in [5, 5.41) is 9.39. The first-order chi connectivity index (χ1) is 7.74. The molecule has 0 saturated carbocycles. The lowest BCUT2D eigenvalue weighted by atomic mass is 10.3. The summed E-state index contributed by atoms with van der Waals surface area (Å²) in [4.78, 5) is 3.51. The van der Waals surface area contributed by atoms with Gasteiger partial charge in [0.2, 0.25) is 0 Å². The van der Waals surface area contributed by atoms with E-state index in [1.807, 2.05) is 0 Å². The third-order valence-electron chi connectivity index (χ3n) is 1.94. The number of hydrogen-bond donors (Lipinski definition) is 1. The number of aromatic nitrogens is 1. The zero-order valence-electron chi connectivity index (χ0n) is 7.76. The van der Waals surface area contributed by atoms with Crippen molar-refractivity contribution in [3.63, 3.8) is 0 Å². The van der Waals surface area contributed by atoms with Crippen LogP contribution in [0.1, 0.15) is 4.88 Å². The van der Waals surface area contributed by atoms with Crippen molar-refractivity contribution in [3.8, 4) is 0 Å². The number of alkyl halides is 3. The van der Waals surface area contributed by atoms with Gasteiger partial charge >= 0.3 is 6.18 Å². The molecule has 1 aliphatic heterocycles. The van der Waals surface area contributed by atoms with Crippen LogP contribution in [0.25, 0.3) is 0 Å². The molecule has 0 spiro atoms. The molecule has 0 bridgehead atoms. The molecule has 1 unspecified atom stereocenters. The molecule has 2 rings (SSSR count). The lowest BCUT2D eigenvalue weighted by Crippen LogP contribution is -2.43. The minimum atomic E-state index is -4.82. The Morgan fingerprint density at radius 2 is 2.00 bits per heavy atom. The second kappa shape index (κ2) is 4.27. The minimum Gasteiger partial charge on any atom is -0.361 e. The monoisotopic (exact) mass is 322 g/mol. The maximum atomic E-state index is 12.5. The molecule has 0 aliphatic carbocycles. The molecule has 1 atom stereocenters. The van der Waals surface area contributed by atoms with Crippen LogP contribution in [0.2, 0.25) is 10.2 Å². The molecular weight excluding hydrogens is 320 g/mol. The summed E-state index contributed by atoms with van der Waals surface area (Å²) < 4.78 is 41.2. The zero-order chi connectivity index (χ0) is 12.8. The van der Waals surface area contributed by atoms with Crippen LogP contribution in [0.5, 0.6) is 0 Å². The maximum Gasteiger partial charge on any atom is 0.439 e. The number of rotatable bonds is 1. The predicted molar refractivity (Wildman–Crippen MR) is 62.1 cm³/mol. The van der Waals surface area contributed by atoms with E-state index < -0.39 is 17.7 Å². The van der Waals surface area contributed by atoms with Crippen molar-refractivity contribution in [1.82, 2.24) is 4.37 Å². The Balaban J connectivity index is 2.38. The molecule has 0 saturated heterocycles. The van der Waals surface area contributed by atoms with E-state index in [4.69, 9.17) is 23.2 Å². The highest BCUT2D eigenvalue weighted by Gasteiger charge is 2.57. The smallest absolute Gasteiger partial charge is 0.361 e. The van der Waals surface area contributed by atoms with Gasteiger partial charge in [0.15, 0.2) is 5.15 Å². The van der Waals surface area contributed by atoms with Crippen LogP contribution in [0.3, 0.4) is 0 Å². The summed E-state index contributed by atoms with van der Waals surface area (Å²) in [7, 11) is 0. The number of hydrogen-bond acceptors (Lipinski definition) is 5. The Hall–Kier alpha value is -0.0200. The van der Waals surface area contributed by atoms with Gasteiger partial charge in [-0.3, -0.25) is 0 Å². The number of nitrogens with zero attached hydrogens (tertiary/aromatic N) is 2. The normalized spacial score (nSPS) is 25.2. The van der Waals surface area contributed by atoms with Crippen LogP contribution in [-0.2, 0) is 0 Å². The molecule has 0 fully saturated rings. The number of aliphatic hydroxyl groups is 1. The Morgan fingerprint density at radius 1 is 1.35 bits per heavy atom. The van der Waals surface area contributed by atoms with E-state index in [2.05, 4.69) is 9.37 Å². The van der Waals surface area contributed by atoms with Crippen molar-refractivity contribution >= 4 is 51.5 Å². The van der Waals surface area contributed by atoms with Crippen LogP contribution in [-0.4, -0.2) is 32.2 Å². The highest BCUT2D eigenvalue weighted by Crippen LogP contribution is 2.43. The summed E-state index contributed by atoms with van der Waals surface area (Å²) in [6.45, 7) is 0. The summed E-state index contributed by atoms with van der Waals surface area (Å²) in [6.07, 6.45) is -4.82. The van der Waals surface area contributed by atoms with E-state index >= 15 is 0 Å². The predicted octanol–water partition coefficient (Wildman–Crippen LogP) is 3.19. The average Bonchev–Trinajstić information content (AvgIpc) is 2.73. The largest absolute Gasteiger partial charge is 0.439 e. The Bertz CT molecular complexity index is 490. The van der Waals surface area contributed by atoms with Crippen LogP contribution >= 0.6 is 46.5 Å². The molecule has 17 heavy (non-hydrogen) atoms. The minimum absolute atomic E-state index is 0.000718. The van der Waals surface area contributed by atoms with Gasteiger partial charge in [0.1, 0.15) is 10.1 Å². The molecule has 1 aromatic heterocycles. The summed E-state index contributed by atoms with van der Waals surface area (Å²) >= 11 is 12.9. The van der Waals surface area contributed by atoms with Gasteiger partial charge in [-0.15, -0.1) is 0 Å². The fraction of sp³-hybridized carbons (Fsp3) is 0.429. The quantitative estimate of drug-likeness (QED) is 0.863. The first kappa shape index (κ1) is 13.4. The van der Waals surface area contributed by atoms with E-state index in [9.17, 15) is 18.3 Å². The average molecular weight is 323 g/mol. The van der Waals surface area contributed by atoms with Crippen LogP contribution in [0.4, 0.5) is 13.2 Å². The van der Waals surface area contributed by atoms with Gasteiger partial charge in [0.25, 0.3) is 5.72 Å². The summed E-state index contributed by atoms with van der Waals surface area (Å²) in [6, 6.07) is 0. The van der Waals surface area contributed by atoms with Crippen molar-refractivity contribution < 1.29 is 18.3 Å². The third-order valence-corrected chi connectivity index (χ3v) is 4.99. The second-order valence-corrected chi connectivity index (χ2v) is 5.61. The molecule has 0 aromatic carbocycles. The molecule has 0 radical (unpaired) electrons. The summed E-state index contributed by atoms with van der Waals surface area (Å²) in [5.41, 5.74) is -3.06. The molecule has 10 heteroatoms. The van der Waals surface area contributed by atoms with Gasteiger partial charge in [-0.2, -0.15) is 17.5 Å². The zero-order valence-corrected chi connectivity index (χ0v) is 10.9. The van der Waals surface area contributed by atoms with E-state index in [1.54, 1.807) is 0 Å². The van der Waals surface area contributed by atoms with Crippen molar-refractivity contribution in [2.24, 2.45) is 4.99 Å². The Labute approximate surface area is 112 Å². The van der Waals surface area contributed by atoms with Crippen molar-refractivity contribution in [3.05, 3.63) is 15.1 Å². The van der Waals surface area contributed by atoms with Gasteiger partial charge in [-0.25, -0.2) is 4.99 Å². The van der Waals surface area contributed by atoms with E-state index in [1.165, 1.54) is 0 Å². The van der Waals surface area contributed by atoms with E-state index in [-0.39, 0.29) is 20.1 Å². The van der Waals surface area contributed by atoms with Gasteiger partial charge < -0.3 is 5.11 Å². The van der Waals surface area contributed by atoms with Gasteiger partial charge in [0.05, 0.1) is 10.6 Å². The van der Waals surface area contributed by atoms with Crippen LogP contribution in [0, 0.1) is 0 Å². The lowest BCUT2D eigenvalue weighted by Gasteiger charge is -2.20. The SMILES string of the molecule is OC1(C(F)(F)F)CSC(c2snc(Cl)c2Cl)=N1. The highest BCUT2D eigenvalue weighted by atomic mass is 35.5. The number of aliphatic imine (C=N–C) groups is 1. The van der Waals surface area contributed by atoms with Crippen molar-refractivity contribution in [1.29, 1.82) is 0 Å². The van der Waals surface area contributed by atoms with Crippen molar-refractivity contribution in [2.45, 2.75) is 11.9 Å². The molecule has 1 N–H and O–H groups in total. The standard InChI is InChI=1S/C7H3Cl2F3N2OS2/c8-2-3(17-14-4(2)9)5-13-6(15,1-16-5)7(10,11)12/h15H,1H2. The Kier molecular flexibility index (Phi) is 3.37.